The highest BCUT2D eigenvalue weighted by Crippen LogP contribution is 2.30. The molecule has 0 aliphatic carbocycles. The molecule has 8 heteroatoms. The largest absolute Gasteiger partial charge is 0.334 e. The summed E-state index contributed by atoms with van der Waals surface area (Å²) >= 11 is 1.46. The number of carbonyl (C=O) groups is 1. The van der Waals surface area contributed by atoms with Gasteiger partial charge in [0.25, 0.3) is 11.6 Å². The SMILES string of the molecule is Cc1nc(C)c([C@@H](C)N(C)C(=O)c2cc(F)ccc2[N+](=O)[O-])s1. The number of benzene rings is 1. The molecule has 0 spiro atoms. The summed E-state index contributed by atoms with van der Waals surface area (Å²) in [4.78, 5) is 29.6. The monoisotopic (exact) mass is 337 g/mol. The maximum absolute atomic E-state index is 13.4. The molecule has 1 aromatic heterocycles. The van der Waals surface area contributed by atoms with Crippen LogP contribution in [0.15, 0.2) is 18.2 Å². The van der Waals surface area contributed by atoms with Crippen LogP contribution in [0.4, 0.5) is 10.1 Å². The number of thiazole rings is 1. The van der Waals surface area contributed by atoms with Gasteiger partial charge in [-0.3, -0.25) is 14.9 Å². The van der Waals surface area contributed by atoms with Crippen LogP contribution in [0.25, 0.3) is 0 Å². The second kappa shape index (κ2) is 6.41. The van der Waals surface area contributed by atoms with Crippen LogP contribution < -0.4 is 0 Å². The first kappa shape index (κ1) is 17.0. The Morgan fingerprint density at radius 2 is 2.09 bits per heavy atom. The molecule has 122 valence electrons. The third-order valence-electron chi connectivity index (χ3n) is 3.61. The Bertz CT molecular complexity index is 775. The van der Waals surface area contributed by atoms with Crippen LogP contribution in [0.5, 0.6) is 0 Å². The quantitative estimate of drug-likeness (QED) is 0.630. The number of amides is 1. The molecule has 2 rings (SSSR count). The van der Waals surface area contributed by atoms with Gasteiger partial charge in [-0.1, -0.05) is 0 Å². The first-order valence-electron chi connectivity index (χ1n) is 6.87. The van der Waals surface area contributed by atoms with Gasteiger partial charge in [0.1, 0.15) is 11.4 Å². The molecule has 0 unspecified atom stereocenters. The molecular formula is C15H16FN3O3S. The van der Waals surface area contributed by atoms with Crippen LogP contribution in [0.3, 0.4) is 0 Å². The van der Waals surface area contributed by atoms with Crippen LogP contribution in [0.1, 0.15) is 38.9 Å². The summed E-state index contributed by atoms with van der Waals surface area (Å²) in [5.41, 5.74) is 0.143. The molecule has 0 bridgehead atoms. The van der Waals surface area contributed by atoms with Gasteiger partial charge in [-0.05, 0) is 32.9 Å². The van der Waals surface area contributed by atoms with Crippen molar-refractivity contribution in [1.29, 1.82) is 0 Å². The molecule has 0 fully saturated rings. The number of hydrogen-bond donors (Lipinski definition) is 0. The predicted molar refractivity (Wildman–Crippen MR) is 85.2 cm³/mol. The van der Waals surface area contributed by atoms with E-state index in [1.54, 1.807) is 0 Å². The van der Waals surface area contributed by atoms with E-state index in [9.17, 15) is 19.3 Å². The van der Waals surface area contributed by atoms with Gasteiger partial charge in [0.2, 0.25) is 0 Å². The molecule has 1 aromatic carbocycles. The molecule has 0 aliphatic heterocycles. The van der Waals surface area contributed by atoms with Crippen molar-refractivity contribution in [3.05, 3.63) is 55.3 Å². The summed E-state index contributed by atoms with van der Waals surface area (Å²) < 4.78 is 13.4. The maximum atomic E-state index is 13.4. The average Bonchev–Trinajstić information content (AvgIpc) is 2.83. The number of hydrogen-bond acceptors (Lipinski definition) is 5. The van der Waals surface area contributed by atoms with Crippen molar-refractivity contribution in [3.8, 4) is 0 Å². The molecule has 1 atom stereocenters. The topological polar surface area (TPSA) is 76.3 Å². The lowest BCUT2D eigenvalue weighted by molar-refractivity contribution is -0.385. The van der Waals surface area contributed by atoms with Crippen LogP contribution in [-0.4, -0.2) is 27.8 Å². The third kappa shape index (κ3) is 3.37. The molecular weight excluding hydrogens is 321 g/mol. The normalized spacial score (nSPS) is 12.0. The predicted octanol–water partition coefficient (Wildman–Crippen LogP) is 3.64. The molecule has 6 nitrogen and oxygen atoms in total. The van der Waals surface area contributed by atoms with Crippen molar-refractivity contribution < 1.29 is 14.1 Å². The van der Waals surface area contributed by atoms with E-state index < -0.39 is 22.3 Å². The lowest BCUT2D eigenvalue weighted by Gasteiger charge is -2.24. The van der Waals surface area contributed by atoms with Gasteiger partial charge in [0.15, 0.2) is 0 Å². The first-order chi connectivity index (χ1) is 10.7. The molecule has 0 aliphatic rings. The van der Waals surface area contributed by atoms with Crippen molar-refractivity contribution in [2.24, 2.45) is 0 Å². The molecule has 0 radical (unpaired) electrons. The van der Waals surface area contributed by atoms with Gasteiger partial charge < -0.3 is 4.90 Å². The average molecular weight is 337 g/mol. The van der Waals surface area contributed by atoms with Crippen molar-refractivity contribution in [2.45, 2.75) is 26.8 Å². The minimum atomic E-state index is -0.690. The number of aromatic nitrogens is 1. The van der Waals surface area contributed by atoms with Crippen LogP contribution in [0, 0.1) is 29.8 Å². The van der Waals surface area contributed by atoms with Crippen molar-refractivity contribution >= 4 is 22.9 Å². The van der Waals surface area contributed by atoms with Gasteiger partial charge in [-0.25, -0.2) is 9.37 Å². The standard InChI is InChI=1S/C15H16FN3O3S/c1-8-14(23-10(3)17-8)9(2)18(4)15(20)12-7-11(16)5-6-13(12)19(21)22/h5-7,9H,1-4H3/t9-/m1/s1. The summed E-state index contributed by atoms with van der Waals surface area (Å²) in [7, 11) is 1.54. The van der Waals surface area contributed by atoms with E-state index >= 15 is 0 Å². The summed E-state index contributed by atoms with van der Waals surface area (Å²) in [5, 5.41) is 11.9. The Morgan fingerprint density at radius 3 is 2.61 bits per heavy atom. The number of halogens is 1. The molecule has 1 heterocycles. The highest BCUT2D eigenvalue weighted by molar-refractivity contribution is 7.11. The highest BCUT2D eigenvalue weighted by atomic mass is 32.1. The number of carbonyl (C=O) groups excluding carboxylic acids is 1. The zero-order valence-corrected chi connectivity index (χ0v) is 14.0. The lowest BCUT2D eigenvalue weighted by atomic mass is 10.1. The lowest BCUT2D eigenvalue weighted by Crippen LogP contribution is -2.30. The number of nitrogens with zero attached hydrogens (tertiary/aromatic N) is 3. The van der Waals surface area contributed by atoms with Gasteiger partial charge in [-0.15, -0.1) is 11.3 Å². The molecule has 2 aromatic rings. The van der Waals surface area contributed by atoms with Gasteiger partial charge in [0.05, 0.1) is 21.7 Å². The fourth-order valence-corrected chi connectivity index (χ4v) is 3.34. The van der Waals surface area contributed by atoms with E-state index in [1.165, 1.54) is 23.3 Å². The minimum absolute atomic E-state index is 0.261. The van der Waals surface area contributed by atoms with Crippen LogP contribution >= 0.6 is 11.3 Å². The Labute approximate surface area is 136 Å². The summed E-state index contributed by atoms with van der Waals surface area (Å²) in [5.74, 6) is -1.29. The molecule has 0 N–H and O–H groups in total. The number of aryl methyl sites for hydroxylation is 2. The Kier molecular flexibility index (Phi) is 4.74. The Balaban J connectivity index is 2.38. The Morgan fingerprint density at radius 1 is 1.43 bits per heavy atom. The smallest absolute Gasteiger partial charge is 0.282 e. The van der Waals surface area contributed by atoms with Gasteiger partial charge in [0, 0.05) is 18.0 Å². The van der Waals surface area contributed by atoms with Crippen molar-refractivity contribution in [1.82, 2.24) is 9.88 Å². The number of nitro groups is 1. The van der Waals surface area contributed by atoms with E-state index in [0.717, 1.165) is 33.8 Å². The minimum Gasteiger partial charge on any atom is -0.334 e. The van der Waals surface area contributed by atoms with Gasteiger partial charge >= 0.3 is 0 Å². The molecule has 1 amide bonds. The molecule has 0 saturated heterocycles. The first-order valence-corrected chi connectivity index (χ1v) is 7.69. The zero-order valence-electron chi connectivity index (χ0n) is 13.2. The van der Waals surface area contributed by atoms with Gasteiger partial charge in [-0.2, -0.15) is 0 Å². The fourth-order valence-electron chi connectivity index (χ4n) is 2.32. The summed E-state index contributed by atoms with van der Waals surface area (Å²) in [6, 6.07) is 2.55. The van der Waals surface area contributed by atoms with Crippen LogP contribution in [-0.2, 0) is 0 Å². The van der Waals surface area contributed by atoms with E-state index in [2.05, 4.69) is 4.98 Å². The Hall–Kier alpha value is -2.35. The molecule has 0 saturated carbocycles. The fraction of sp³-hybridized carbons (Fsp3) is 0.333. The second-order valence-corrected chi connectivity index (χ2v) is 6.43. The van der Waals surface area contributed by atoms with Crippen LogP contribution in [0.2, 0.25) is 0 Å². The molecule has 23 heavy (non-hydrogen) atoms. The van der Waals surface area contributed by atoms with E-state index in [-0.39, 0.29) is 11.6 Å². The maximum Gasteiger partial charge on any atom is 0.282 e. The van der Waals surface area contributed by atoms with Crippen molar-refractivity contribution in [2.75, 3.05) is 7.05 Å². The summed E-state index contributed by atoms with van der Waals surface area (Å²) in [6.45, 7) is 5.52. The third-order valence-corrected chi connectivity index (χ3v) is 4.85. The summed E-state index contributed by atoms with van der Waals surface area (Å²) in [6.07, 6.45) is 0. The zero-order chi connectivity index (χ0) is 17.3. The second-order valence-electron chi connectivity index (χ2n) is 5.19. The van der Waals surface area contributed by atoms with E-state index in [0.29, 0.717) is 0 Å². The van der Waals surface area contributed by atoms with E-state index in [1.807, 2.05) is 20.8 Å². The number of nitro benzene ring substituents is 1. The van der Waals surface area contributed by atoms with Crippen molar-refractivity contribution in [3.63, 3.8) is 0 Å². The highest BCUT2D eigenvalue weighted by Gasteiger charge is 2.28. The van der Waals surface area contributed by atoms with E-state index in [4.69, 9.17) is 0 Å². The number of rotatable bonds is 4.